The molecule has 0 amide bonds. The number of pyridine rings is 1. The first-order valence-electron chi connectivity index (χ1n) is 8.98. The van der Waals surface area contributed by atoms with Crippen LogP contribution in [0.4, 0.5) is 0 Å². The van der Waals surface area contributed by atoms with Crippen molar-refractivity contribution in [1.82, 2.24) is 0 Å². The highest BCUT2D eigenvalue weighted by molar-refractivity contribution is 7.79. The van der Waals surface area contributed by atoms with Crippen molar-refractivity contribution in [2.45, 2.75) is 13.0 Å². The summed E-state index contributed by atoms with van der Waals surface area (Å²) in [5, 5.41) is 2.17. The van der Waals surface area contributed by atoms with E-state index in [1.807, 2.05) is 6.07 Å². The molecule has 1 aromatic heterocycles. The van der Waals surface area contributed by atoms with Crippen LogP contribution in [0.5, 0.6) is 23.0 Å². The molecule has 33 heavy (non-hydrogen) atoms. The Kier molecular flexibility index (Phi) is 8.95. The van der Waals surface area contributed by atoms with E-state index in [2.05, 4.69) is 35.0 Å². The second-order valence-electron chi connectivity index (χ2n) is 6.70. The van der Waals surface area contributed by atoms with Gasteiger partial charge in [-0.25, -0.2) is 8.42 Å². The Balaban J connectivity index is 0.000000622. The van der Waals surface area contributed by atoms with Crippen molar-refractivity contribution in [2.75, 3.05) is 21.0 Å². The van der Waals surface area contributed by atoms with Crippen LogP contribution < -0.4 is 23.5 Å². The molecule has 182 valence electrons. The first-order valence-corrected chi connectivity index (χ1v) is 10.3. The minimum Gasteiger partial charge on any atom is -0.726 e. The third-order valence-corrected chi connectivity index (χ3v) is 5.00. The monoisotopic (exact) mass is 487 g/mol. The molecule has 13 heteroatoms. The van der Waals surface area contributed by atoms with Crippen molar-refractivity contribution in [3.63, 3.8) is 0 Å². The summed E-state index contributed by atoms with van der Waals surface area (Å²) >= 11 is 0. The Hall–Kier alpha value is -3.20. The van der Waals surface area contributed by atoms with E-state index in [9.17, 15) is 0 Å². The van der Waals surface area contributed by atoms with E-state index in [-0.39, 0.29) is 16.4 Å². The van der Waals surface area contributed by atoms with Crippen molar-refractivity contribution in [3.05, 3.63) is 42.1 Å². The first kappa shape index (κ1) is 27.8. The van der Waals surface area contributed by atoms with Crippen molar-refractivity contribution >= 4 is 21.2 Å². The molecule has 0 atom stereocenters. The van der Waals surface area contributed by atoms with Gasteiger partial charge < -0.3 is 39.9 Å². The van der Waals surface area contributed by atoms with Crippen molar-refractivity contribution in [2.24, 2.45) is 0 Å². The van der Waals surface area contributed by atoms with Crippen LogP contribution in [0.2, 0.25) is 0 Å². The zero-order valence-electron chi connectivity index (χ0n) is 17.7. The lowest BCUT2D eigenvalue weighted by atomic mass is 9.95. The summed E-state index contributed by atoms with van der Waals surface area (Å²) in [6, 6.07) is 10.4. The predicted octanol–water partition coefficient (Wildman–Crippen LogP) is -0.373. The second-order valence-corrected chi connectivity index (χ2v) is 7.55. The van der Waals surface area contributed by atoms with Crippen LogP contribution in [-0.2, 0) is 23.4 Å². The van der Waals surface area contributed by atoms with E-state index in [4.69, 9.17) is 36.5 Å². The maximum atomic E-state index is 8.63. The molecule has 0 saturated carbocycles. The molecular weight excluding hydrogens is 462 g/mol. The molecular formula is C20H25NO11S. The van der Waals surface area contributed by atoms with Gasteiger partial charge in [0.05, 0.1) is 25.2 Å². The van der Waals surface area contributed by atoms with Gasteiger partial charge in [-0.05, 0) is 35.2 Å². The lowest BCUT2D eigenvalue weighted by Gasteiger charge is -2.17. The summed E-state index contributed by atoms with van der Waals surface area (Å²) < 4.78 is 57.2. The first-order chi connectivity index (χ1) is 14.3. The number of methoxy groups -OCH3 is 2. The average Bonchev–Trinajstić information content (AvgIpc) is 3.16. The molecule has 0 saturated heterocycles. The number of hydrogen-bond acceptors (Lipinski definition) is 7. The zero-order valence-corrected chi connectivity index (χ0v) is 18.6. The van der Waals surface area contributed by atoms with Crippen LogP contribution >= 0.6 is 0 Å². The molecule has 0 spiro atoms. The smallest absolute Gasteiger partial charge is 0.231 e. The third-order valence-electron chi connectivity index (χ3n) is 5.00. The molecule has 2 aromatic carbocycles. The van der Waals surface area contributed by atoms with Gasteiger partial charge in [-0.3, -0.25) is 4.55 Å². The standard InChI is InChI=1S/C20H18NO4.H2O4S.3H2O/c1-22-17-4-3-12-7-16-14-9-19-18(24-11-25-19)8-13(14)5-6-21(16)10-15(12)20(17)23-2;1-5(2,3)4;;;/h3-4,7-10H,5-6,11H2,1-2H3;(H2,1,2,3,4);3*1H2/q+1;;;;/p-1. The SMILES string of the molecule is COc1ccc2cc3[n+](cc2c1OC)CCc1cc2c(cc1-3)OCO2.O.O.O.O=S(=O)([O-])O. The highest BCUT2D eigenvalue weighted by atomic mass is 32.3. The van der Waals surface area contributed by atoms with Crippen LogP contribution in [0.3, 0.4) is 0 Å². The molecule has 7 N–H and O–H groups in total. The summed E-state index contributed by atoms with van der Waals surface area (Å²) in [7, 11) is -1.58. The number of nitrogens with zero attached hydrogens (tertiary/aromatic N) is 1. The Morgan fingerprint density at radius 3 is 2.27 bits per heavy atom. The molecule has 12 nitrogen and oxygen atoms in total. The molecule has 5 rings (SSSR count). The topological polar surface area (TPSA) is 213 Å². The fourth-order valence-electron chi connectivity index (χ4n) is 3.77. The summed E-state index contributed by atoms with van der Waals surface area (Å²) in [5.74, 6) is 3.18. The number of ether oxygens (including phenoxy) is 4. The van der Waals surface area contributed by atoms with E-state index in [0.29, 0.717) is 6.79 Å². The Labute approximate surface area is 189 Å². The third kappa shape index (κ3) is 5.60. The van der Waals surface area contributed by atoms with Gasteiger partial charge in [0.2, 0.25) is 22.9 Å². The van der Waals surface area contributed by atoms with Gasteiger partial charge in [-0.2, -0.15) is 4.57 Å². The number of rotatable bonds is 2. The van der Waals surface area contributed by atoms with Crippen LogP contribution in [0.25, 0.3) is 22.0 Å². The van der Waals surface area contributed by atoms with Gasteiger partial charge in [-0.15, -0.1) is 0 Å². The summed E-state index contributed by atoms with van der Waals surface area (Å²) in [5.41, 5.74) is 3.68. The minimum atomic E-state index is -4.92. The Morgan fingerprint density at radius 2 is 1.67 bits per heavy atom. The van der Waals surface area contributed by atoms with E-state index in [1.54, 1.807) is 14.2 Å². The number of aryl methyl sites for hydroxylation is 2. The van der Waals surface area contributed by atoms with E-state index >= 15 is 0 Å². The molecule has 0 unspecified atom stereocenters. The highest BCUT2D eigenvalue weighted by Crippen LogP contribution is 2.41. The fraction of sp³-hybridized carbons (Fsp3) is 0.250. The molecule has 0 fully saturated rings. The summed E-state index contributed by atoms with van der Waals surface area (Å²) in [4.78, 5) is 0. The van der Waals surface area contributed by atoms with Gasteiger partial charge in [0.1, 0.15) is 0 Å². The molecule has 3 aromatic rings. The minimum absolute atomic E-state index is 0. The predicted molar refractivity (Wildman–Crippen MR) is 116 cm³/mol. The Morgan fingerprint density at radius 1 is 1.03 bits per heavy atom. The molecule has 0 aliphatic carbocycles. The molecule has 0 bridgehead atoms. The average molecular weight is 487 g/mol. The number of aromatic nitrogens is 1. The van der Waals surface area contributed by atoms with Crippen molar-refractivity contribution < 1.29 is 57.5 Å². The lowest BCUT2D eigenvalue weighted by molar-refractivity contribution is -0.686. The zero-order chi connectivity index (χ0) is 21.5. The largest absolute Gasteiger partial charge is 0.726 e. The van der Waals surface area contributed by atoms with E-state index in [0.717, 1.165) is 46.7 Å². The van der Waals surface area contributed by atoms with Gasteiger partial charge >= 0.3 is 0 Å². The lowest BCUT2D eigenvalue weighted by Crippen LogP contribution is -2.40. The maximum Gasteiger partial charge on any atom is 0.231 e. The van der Waals surface area contributed by atoms with Crippen LogP contribution in [0, 0.1) is 0 Å². The second kappa shape index (κ2) is 10.6. The maximum absolute atomic E-state index is 8.63. The molecule has 0 radical (unpaired) electrons. The summed E-state index contributed by atoms with van der Waals surface area (Å²) in [6.45, 7) is 1.21. The van der Waals surface area contributed by atoms with Crippen LogP contribution in [0.1, 0.15) is 5.56 Å². The van der Waals surface area contributed by atoms with Gasteiger partial charge in [0.15, 0.2) is 35.7 Å². The van der Waals surface area contributed by atoms with Gasteiger partial charge in [0, 0.05) is 12.5 Å². The van der Waals surface area contributed by atoms with Gasteiger partial charge in [0.25, 0.3) is 0 Å². The van der Waals surface area contributed by atoms with Crippen LogP contribution in [-0.4, -0.2) is 55.0 Å². The fourth-order valence-corrected chi connectivity index (χ4v) is 3.77. The van der Waals surface area contributed by atoms with Crippen LogP contribution in [0.15, 0.2) is 36.5 Å². The molecule has 2 aliphatic heterocycles. The number of benzene rings is 2. The highest BCUT2D eigenvalue weighted by Gasteiger charge is 2.28. The molecule has 3 heterocycles. The Bertz CT molecular complexity index is 1240. The molecule has 2 aliphatic rings. The van der Waals surface area contributed by atoms with Crippen molar-refractivity contribution in [1.29, 1.82) is 0 Å². The van der Waals surface area contributed by atoms with Gasteiger partial charge in [-0.1, -0.05) is 0 Å². The van der Waals surface area contributed by atoms with Crippen molar-refractivity contribution in [3.8, 4) is 34.3 Å². The summed E-state index contributed by atoms with van der Waals surface area (Å²) in [6.07, 6.45) is 3.11. The number of hydrogen-bond donors (Lipinski definition) is 1. The van der Waals surface area contributed by atoms with E-state index < -0.39 is 10.4 Å². The van der Waals surface area contributed by atoms with E-state index in [1.165, 1.54) is 16.8 Å². The normalized spacial score (nSPS) is 12.5. The quantitative estimate of drug-likeness (QED) is 0.285. The number of fused-ring (bicyclic) bond motifs is 5.